The van der Waals surface area contributed by atoms with Gasteiger partial charge >= 0.3 is 0 Å². The van der Waals surface area contributed by atoms with Gasteiger partial charge in [0.1, 0.15) is 10.9 Å². The van der Waals surface area contributed by atoms with Crippen LogP contribution in [0, 0.1) is 6.92 Å². The third-order valence-electron chi connectivity index (χ3n) is 4.04. The molecule has 0 aliphatic heterocycles. The van der Waals surface area contributed by atoms with Crippen molar-refractivity contribution < 1.29 is 4.74 Å². The first-order chi connectivity index (χ1) is 10.2. The molecule has 1 aromatic heterocycles. The summed E-state index contributed by atoms with van der Waals surface area (Å²) in [7, 11) is 1.68. The molecule has 1 aliphatic carbocycles. The minimum absolute atomic E-state index is 0.616. The van der Waals surface area contributed by atoms with Crippen LogP contribution in [0.15, 0.2) is 18.2 Å². The number of benzene rings is 1. The molecule has 110 valence electrons. The standard InChI is InChI=1S/C17H19ClN2O/c1-11-10-12(8-9-15(11)21-2)17-19-14-7-5-3-4-6-13(14)16(18)20-17/h8-10H,3-7H2,1-2H3. The summed E-state index contributed by atoms with van der Waals surface area (Å²) in [6.07, 6.45) is 5.60. The van der Waals surface area contributed by atoms with Crippen LogP contribution >= 0.6 is 11.6 Å². The maximum Gasteiger partial charge on any atom is 0.161 e. The molecule has 3 nitrogen and oxygen atoms in total. The second-order valence-electron chi connectivity index (χ2n) is 5.51. The Kier molecular flexibility index (Phi) is 4.11. The molecule has 0 fully saturated rings. The Morgan fingerprint density at radius 3 is 2.67 bits per heavy atom. The lowest BCUT2D eigenvalue weighted by Gasteiger charge is -2.11. The Balaban J connectivity index is 2.05. The van der Waals surface area contributed by atoms with Gasteiger partial charge in [0, 0.05) is 16.8 Å². The summed E-state index contributed by atoms with van der Waals surface area (Å²) in [6.45, 7) is 2.02. The van der Waals surface area contributed by atoms with E-state index in [9.17, 15) is 0 Å². The van der Waals surface area contributed by atoms with Crippen LogP contribution in [0.2, 0.25) is 5.15 Å². The highest BCUT2D eigenvalue weighted by atomic mass is 35.5. The van der Waals surface area contributed by atoms with Gasteiger partial charge in [-0.3, -0.25) is 0 Å². The van der Waals surface area contributed by atoms with Gasteiger partial charge in [-0.2, -0.15) is 0 Å². The molecule has 0 unspecified atom stereocenters. The Labute approximate surface area is 130 Å². The van der Waals surface area contributed by atoms with E-state index in [1.54, 1.807) is 7.11 Å². The quantitative estimate of drug-likeness (QED) is 0.610. The normalized spacial score (nSPS) is 14.4. The van der Waals surface area contributed by atoms with Gasteiger partial charge in [-0.05, 0) is 56.4 Å². The van der Waals surface area contributed by atoms with Crippen molar-refractivity contribution in [2.45, 2.75) is 39.0 Å². The summed E-state index contributed by atoms with van der Waals surface area (Å²) in [4.78, 5) is 9.27. The highest BCUT2D eigenvalue weighted by molar-refractivity contribution is 6.30. The second kappa shape index (κ2) is 6.02. The highest BCUT2D eigenvalue weighted by Gasteiger charge is 2.16. The van der Waals surface area contributed by atoms with Crippen molar-refractivity contribution >= 4 is 11.6 Å². The van der Waals surface area contributed by atoms with Crippen molar-refractivity contribution in [2.24, 2.45) is 0 Å². The van der Waals surface area contributed by atoms with E-state index in [4.69, 9.17) is 21.3 Å². The van der Waals surface area contributed by atoms with Gasteiger partial charge in [0.25, 0.3) is 0 Å². The summed E-state index contributed by atoms with van der Waals surface area (Å²) in [5.41, 5.74) is 4.33. The number of nitrogens with zero attached hydrogens (tertiary/aromatic N) is 2. The first-order valence-electron chi connectivity index (χ1n) is 7.39. The SMILES string of the molecule is COc1ccc(-c2nc(Cl)c3c(n2)CCCCC3)cc1C. The van der Waals surface area contributed by atoms with Crippen LogP contribution in [0.5, 0.6) is 5.75 Å². The lowest BCUT2D eigenvalue weighted by Crippen LogP contribution is -2.02. The van der Waals surface area contributed by atoms with Crippen LogP contribution in [-0.4, -0.2) is 17.1 Å². The van der Waals surface area contributed by atoms with E-state index in [-0.39, 0.29) is 0 Å². The zero-order chi connectivity index (χ0) is 14.8. The number of methoxy groups -OCH3 is 1. The van der Waals surface area contributed by atoms with E-state index in [1.807, 2.05) is 25.1 Å². The molecule has 21 heavy (non-hydrogen) atoms. The fourth-order valence-electron chi connectivity index (χ4n) is 2.87. The molecule has 1 aliphatic rings. The molecule has 1 aromatic carbocycles. The van der Waals surface area contributed by atoms with Gasteiger partial charge < -0.3 is 4.74 Å². The van der Waals surface area contributed by atoms with Crippen molar-refractivity contribution in [1.29, 1.82) is 0 Å². The predicted octanol–water partition coefficient (Wildman–Crippen LogP) is 4.38. The summed E-state index contributed by atoms with van der Waals surface area (Å²) in [5, 5.41) is 0.616. The van der Waals surface area contributed by atoms with Gasteiger partial charge in [0.15, 0.2) is 5.82 Å². The lowest BCUT2D eigenvalue weighted by atomic mass is 10.1. The van der Waals surface area contributed by atoms with Crippen LogP contribution in [0.3, 0.4) is 0 Å². The summed E-state index contributed by atoms with van der Waals surface area (Å²) in [6, 6.07) is 5.99. The molecule has 0 bridgehead atoms. The topological polar surface area (TPSA) is 35.0 Å². The first kappa shape index (κ1) is 14.3. The van der Waals surface area contributed by atoms with E-state index in [0.717, 1.165) is 41.0 Å². The Morgan fingerprint density at radius 1 is 1.10 bits per heavy atom. The van der Waals surface area contributed by atoms with Crippen molar-refractivity contribution in [3.8, 4) is 17.1 Å². The summed E-state index contributed by atoms with van der Waals surface area (Å²) < 4.78 is 5.30. The van der Waals surface area contributed by atoms with Gasteiger partial charge in [-0.25, -0.2) is 9.97 Å². The minimum Gasteiger partial charge on any atom is -0.496 e. The van der Waals surface area contributed by atoms with E-state index in [2.05, 4.69) is 4.98 Å². The maximum absolute atomic E-state index is 6.39. The van der Waals surface area contributed by atoms with E-state index < -0.39 is 0 Å². The molecule has 1 heterocycles. The zero-order valence-corrected chi connectivity index (χ0v) is 13.2. The molecule has 2 aromatic rings. The molecule has 0 atom stereocenters. The number of aromatic nitrogens is 2. The lowest BCUT2D eigenvalue weighted by molar-refractivity contribution is 0.412. The van der Waals surface area contributed by atoms with Crippen molar-refractivity contribution in [2.75, 3.05) is 7.11 Å². The average Bonchev–Trinajstić information content (AvgIpc) is 2.72. The fraction of sp³-hybridized carbons (Fsp3) is 0.412. The number of rotatable bonds is 2. The van der Waals surface area contributed by atoms with Crippen LogP contribution < -0.4 is 4.74 Å². The first-order valence-corrected chi connectivity index (χ1v) is 7.77. The maximum atomic E-state index is 6.39. The molecular weight excluding hydrogens is 284 g/mol. The van der Waals surface area contributed by atoms with Crippen molar-refractivity contribution in [1.82, 2.24) is 9.97 Å². The van der Waals surface area contributed by atoms with Crippen molar-refractivity contribution in [3.63, 3.8) is 0 Å². The van der Waals surface area contributed by atoms with Crippen LogP contribution in [0.25, 0.3) is 11.4 Å². The molecule has 0 saturated carbocycles. The van der Waals surface area contributed by atoms with E-state index >= 15 is 0 Å². The van der Waals surface area contributed by atoms with Crippen LogP contribution in [0.4, 0.5) is 0 Å². The Morgan fingerprint density at radius 2 is 1.90 bits per heavy atom. The average molecular weight is 303 g/mol. The van der Waals surface area contributed by atoms with Gasteiger partial charge in [-0.15, -0.1) is 0 Å². The molecule has 3 rings (SSSR count). The molecule has 0 saturated heterocycles. The van der Waals surface area contributed by atoms with Gasteiger partial charge in [0.2, 0.25) is 0 Å². The number of hydrogen-bond acceptors (Lipinski definition) is 3. The third-order valence-corrected chi connectivity index (χ3v) is 4.35. The van der Waals surface area contributed by atoms with Gasteiger partial charge in [-0.1, -0.05) is 18.0 Å². The zero-order valence-electron chi connectivity index (χ0n) is 12.4. The van der Waals surface area contributed by atoms with Gasteiger partial charge in [0.05, 0.1) is 7.11 Å². The number of fused-ring (bicyclic) bond motifs is 1. The summed E-state index contributed by atoms with van der Waals surface area (Å²) >= 11 is 6.39. The Bertz CT molecular complexity index is 670. The van der Waals surface area contributed by atoms with E-state index in [0.29, 0.717) is 11.0 Å². The minimum atomic E-state index is 0.616. The molecule has 0 N–H and O–H groups in total. The molecule has 0 spiro atoms. The summed E-state index contributed by atoms with van der Waals surface area (Å²) in [5.74, 6) is 1.59. The number of hydrogen-bond donors (Lipinski definition) is 0. The van der Waals surface area contributed by atoms with E-state index in [1.165, 1.54) is 19.3 Å². The van der Waals surface area contributed by atoms with Crippen molar-refractivity contribution in [3.05, 3.63) is 40.2 Å². The number of aryl methyl sites for hydroxylation is 2. The number of halogens is 1. The largest absolute Gasteiger partial charge is 0.496 e. The monoisotopic (exact) mass is 302 g/mol. The molecular formula is C17H19ClN2O. The fourth-order valence-corrected chi connectivity index (χ4v) is 3.16. The second-order valence-corrected chi connectivity index (χ2v) is 5.87. The predicted molar refractivity (Wildman–Crippen MR) is 85.0 cm³/mol. The third kappa shape index (κ3) is 2.88. The smallest absolute Gasteiger partial charge is 0.161 e. The Hall–Kier alpha value is -1.61. The molecule has 0 amide bonds. The highest BCUT2D eigenvalue weighted by Crippen LogP contribution is 2.29. The molecule has 4 heteroatoms. The van der Waals surface area contributed by atoms with Crippen LogP contribution in [0.1, 0.15) is 36.1 Å². The van der Waals surface area contributed by atoms with Crippen LogP contribution in [-0.2, 0) is 12.8 Å². The number of ether oxygens (including phenoxy) is 1. The molecule has 0 radical (unpaired) electrons.